The fraction of sp³-hybridized carbons (Fsp3) is 0.462. The number of carbonyl (C=O) groups excluding carboxylic acids is 1. The summed E-state index contributed by atoms with van der Waals surface area (Å²) in [6.07, 6.45) is 0.914. The number of halogens is 1. The number of benzene rings is 1. The zero-order chi connectivity index (χ0) is 13.0. The van der Waals surface area contributed by atoms with E-state index in [-0.39, 0.29) is 11.9 Å². The number of nitrogen functional groups attached to an aromatic ring is 1. The number of carbonyl (C=O) groups is 1. The number of hydrogen-bond acceptors (Lipinski definition) is 2. The van der Waals surface area contributed by atoms with Gasteiger partial charge in [0.2, 0.25) is 0 Å². The van der Waals surface area contributed by atoms with Gasteiger partial charge in [0, 0.05) is 16.2 Å². The fourth-order valence-corrected chi connectivity index (χ4v) is 2.07. The van der Waals surface area contributed by atoms with Crippen LogP contribution in [0.1, 0.15) is 37.6 Å². The minimum Gasteiger partial charge on any atom is -0.398 e. The van der Waals surface area contributed by atoms with E-state index >= 15 is 0 Å². The molecule has 1 aromatic rings. The van der Waals surface area contributed by atoms with E-state index in [0.717, 1.165) is 10.9 Å². The van der Waals surface area contributed by atoms with E-state index in [1.54, 1.807) is 12.1 Å². The third-order valence-corrected chi connectivity index (χ3v) is 3.31. The Hall–Kier alpha value is -1.03. The third kappa shape index (κ3) is 3.73. The van der Waals surface area contributed by atoms with Crippen molar-refractivity contribution in [3.63, 3.8) is 0 Å². The third-order valence-electron chi connectivity index (χ3n) is 2.82. The Morgan fingerprint density at radius 3 is 2.65 bits per heavy atom. The highest BCUT2D eigenvalue weighted by Crippen LogP contribution is 2.19. The number of amides is 1. The first kappa shape index (κ1) is 14.0. The van der Waals surface area contributed by atoms with Crippen molar-refractivity contribution in [2.45, 2.75) is 33.2 Å². The number of nitrogens with one attached hydrogen (secondary N) is 1. The number of nitrogens with two attached hydrogens (primary N) is 1. The van der Waals surface area contributed by atoms with Gasteiger partial charge in [-0.25, -0.2) is 0 Å². The van der Waals surface area contributed by atoms with E-state index in [4.69, 9.17) is 5.73 Å². The van der Waals surface area contributed by atoms with Gasteiger partial charge in [0.25, 0.3) is 5.91 Å². The molecule has 0 heterocycles. The normalized spacial score (nSPS) is 12.5. The van der Waals surface area contributed by atoms with Gasteiger partial charge in [0.15, 0.2) is 0 Å². The van der Waals surface area contributed by atoms with E-state index in [0.29, 0.717) is 17.2 Å². The number of rotatable bonds is 4. The van der Waals surface area contributed by atoms with Gasteiger partial charge in [0.1, 0.15) is 0 Å². The van der Waals surface area contributed by atoms with Crippen LogP contribution >= 0.6 is 15.9 Å². The maximum atomic E-state index is 12.1. The van der Waals surface area contributed by atoms with E-state index in [1.165, 1.54) is 0 Å². The van der Waals surface area contributed by atoms with Crippen LogP contribution in [-0.2, 0) is 0 Å². The molecule has 0 aromatic heterocycles. The van der Waals surface area contributed by atoms with Crippen LogP contribution < -0.4 is 11.1 Å². The largest absolute Gasteiger partial charge is 0.398 e. The fourth-order valence-electron chi connectivity index (χ4n) is 1.71. The van der Waals surface area contributed by atoms with Crippen molar-refractivity contribution in [2.24, 2.45) is 5.92 Å². The smallest absolute Gasteiger partial charge is 0.253 e. The molecule has 0 aliphatic carbocycles. The molecule has 0 fully saturated rings. The van der Waals surface area contributed by atoms with Crippen LogP contribution in [0.15, 0.2) is 22.7 Å². The van der Waals surface area contributed by atoms with Gasteiger partial charge in [0.05, 0.1) is 5.56 Å². The Bertz CT molecular complexity index is 404. The Morgan fingerprint density at radius 1 is 1.47 bits per heavy atom. The average molecular weight is 299 g/mol. The molecule has 1 atom stereocenters. The van der Waals surface area contributed by atoms with Crippen LogP contribution in [0.3, 0.4) is 0 Å². The first-order chi connectivity index (χ1) is 7.95. The highest BCUT2D eigenvalue weighted by molar-refractivity contribution is 9.10. The molecule has 4 heteroatoms. The molecular formula is C13H19BrN2O. The predicted molar refractivity (Wildman–Crippen MR) is 74.9 cm³/mol. The summed E-state index contributed by atoms with van der Waals surface area (Å²) >= 11 is 3.34. The first-order valence-corrected chi connectivity index (χ1v) is 6.60. The molecule has 1 amide bonds. The highest BCUT2D eigenvalue weighted by Gasteiger charge is 2.17. The summed E-state index contributed by atoms with van der Waals surface area (Å²) in [5.41, 5.74) is 6.83. The minimum absolute atomic E-state index is 0.107. The van der Waals surface area contributed by atoms with Crippen LogP contribution in [-0.4, -0.2) is 11.9 Å². The van der Waals surface area contributed by atoms with Gasteiger partial charge in [-0.05, 0) is 30.5 Å². The van der Waals surface area contributed by atoms with Crippen LogP contribution in [0.2, 0.25) is 0 Å². The lowest BCUT2D eigenvalue weighted by Gasteiger charge is -2.21. The van der Waals surface area contributed by atoms with Gasteiger partial charge in [-0.1, -0.05) is 36.7 Å². The summed E-state index contributed by atoms with van der Waals surface area (Å²) in [6.45, 7) is 6.26. The molecule has 3 nitrogen and oxygen atoms in total. The molecule has 0 radical (unpaired) electrons. The monoisotopic (exact) mass is 298 g/mol. The summed E-state index contributed by atoms with van der Waals surface area (Å²) < 4.78 is 0.856. The van der Waals surface area contributed by atoms with Crippen molar-refractivity contribution in [1.29, 1.82) is 0 Å². The van der Waals surface area contributed by atoms with Crippen LogP contribution in [0.4, 0.5) is 5.69 Å². The molecule has 0 bridgehead atoms. The van der Waals surface area contributed by atoms with Crippen molar-refractivity contribution in [3.05, 3.63) is 28.2 Å². The standard InChI is InChI=1S/C13H19BrN2O/c1-4-12(8(2)3)16-13(17)10-7-9(14)5-6-11(10)15/h5-8,12H,4,15H2,1-3H3,(H,16,17). The lowest BCUT2D eigenvalue weighted by atomic mass is 10.0. The molecule has 17 heavy (non-hydrogen) atoms. The van der Waals surface area contributed by atoms with E-state index in [9.17, 15) is 4.79 Å². The molecule has 0 spiro atoms. The van der Waals surface area contributed by atoms with Crippen LogP contribution in [0.25, 0.3) is 0 Å². The second-order valence-electron chi connectivity index (χ2n) is 4.46. The highest BCUT2D eigenvalue weighted by atomic mass is 79.9. The Kier molecular flexibility index (Phi) is 5.00. The summed E-state index contributed by atoms with van der Waals surface area (Å²) in [4.78, 5) is 12.1. The van der Waals surface area contributed by atoms with E-state index in [2.05, 4.69) is 42.0 Å². The van der Waals surface area contributed by atoms with E-state index < -0.39 is 0 Å². The summed E-state index contributed by atoms with van der Waals surface area (Å²) in [7, 11) is 0. The molecule has 1 rings (SSSR count). The van der Waals surface area contributed by atoms with Crippen LogP contribution in [0.5, 0.6) is 0 Å². The molecule has 0 saturated heterocycles. The van der Waals surface area contributed by atoms with E-state index in [1.807, 2.05) is 6.07 Å². The zero-order valence-corrected chi connectivity index (χ0v) is 12.0. The molecule has 1 unspecified atom stereocenters. The first-order valence-electron chi connectivity index (χ1n) is 5.81. The molecule has 0 aliphatic rings. The Morgan fingerprint density at radius 2 is 2.12 bits per heavy atom. The lowest BCUT2D eigenvalue weighted by Crippen LogP contribution is -2.38. The molecular weight excluding hydrogens is 280 g/mol. The summed E-state index contributed by atoms with van der Waals surface area (Å²) in [6, 6.07) is 5.49. The quantitative estimate of drug-likeness (QED) is 0.839. The van der Waals surface area contributed by atoms with Gasteiger partial charge in [-0.3, -0.25) is 4.79 Å². The lowest BCUT2D eigenvalue weighted by molar-refractivity contribution is 0.0925. The molecule has 3 N–H and O–H groups in total. The second-order valence-corrected chi connectivity index (χ2v) is 5.38. The van der Waals surface area contributed by atoms with Gasteiger partial charge >= 0.3 is 0 Å². The second kappa shape index (κ2) is 6.05. The number of hydrogen-bond donors (Lipinski definition) is 2. The Balaban J connectivity index is 2.86. The minimum atomic E-state index is -0.107. The van der Waals surface area contributed by atoms with Gasteiger partial charge < -0.3 is 11.1 Å². The average Bonchev–Trinajstić information content (AvgIpc) is 2.28. The maximum Gasteiger partial charge on any atom is 0.253 e. The topological polar surface area (TPSA) is 55.1 Å². The zero-order valence-electron chi connectivity index (χ0n) is 10.5. The van der Waals surface area contributed by atoms with Crippen molar-refractivity contribution in [2.75, 3.05) is 5.73 Å². The van der Waals surface area contributed by atoms with Gasteiger partial charge in [-0.15, -0.1) is 0 Å². The molecule has 94 valence electrons. The van der Waals surface area contributed by atoms with Crippen molar-refractivity contribution < 1.29 is 4.79 Å². The molecule has 0 saturated carbocycles. The van der Waals surface area contributed by atoms with Crippen molar-refractivity contribution >= 4 is 27.5 Å². The number of anilines is 1. The predicted octanol–water partition coefficient (Wildman–Crippen LogP) is 3.20. The molecule has 0 aliphatic heterocycles. The Labute approximate surface area is 111 Å². The van der Waals surface area contributed by atoms with Crippen molar-refractivity contribution in [3.8, 4) is 0 Å². The van der Waals surface area contributed by atoms with Crippen molar-refractivity contribution in [1.82, 2.24) is 5.32 Å². The van der Waals surface area contributed by atoms with Gasteiger partial charge in [-0.2, -0.15) is 0 Å². The van der Waals surface area contributed by atoms with Crippen LogP contribution in [0, 0.1) is 5.92 Å². The summed E-state index contributed by atoms with van der Waals surface area (Å²) in [5, 5.41) is 3.01. The SMILES string of the molecule is CCC(NC(=O)c1cc(Br)ccc1N)C(C)C. The molecule has 1 aromatic carbocycles. The maximum absolute atomic E-state index is 12.1. The summed E-state index contributed by atoms with van der Waals surface area (Å²) in [5.74, 6) is 0.307.